The SMILES string of the molecule is O=C(NNCCCn1ccnc1)c1cn(-c2ccc3c(c2)CCC3)c2ncncc2c1=O. The number of benzene rings is 1. The first kappa shape index (κ1) is 20.1. The molecular weight excluding hydrogens is 406 g/mol. The molecule has 0 aliphatic heterocycles. The number of amides is 1. The van der Waals surface area contributed by atoms with E-state index in [0.29, 0.717) is 17.6 Å². The van der Waals surface area contributed by atoms with Gasteiger partial charge < -0.3 is 9.13 Å². The second-order valence-corrected chi connectivity index (χ2v) is 7.84. The highest BCUT2D eigenvalue weighted by Gasteiger charge is 2.18. The highest BCUT2D eigenvalue weighted by molar-refractivity contribution is 5.96. The van der Waals surface area contributed by atoms with E-state index in [1.807, 2.05) is 16.8 Å². The standard InChI is InChI=1S/C23H23N7O2/c31-21-19-12-25-14-26-22(19)30(18-6-5-16-3-1-4-17(16)11-18)13-20(21)23(32)28-27-7-2-9-29-10-8-24-15-29/h5-6,8,10-15,27H,1-4,7,9H2,(H,28,32). The van der Waals surface area contributed by atoms with Gasteiger partial charge in [0.1, 0.15) is 11.9 Å². The van der Waals surface area contributed by atoms with Crippen LogP contribution in [0.3, 0.4) is 0 Å². The Kier molecular flexibility index (Phi) is 5.47. The lowest BCUT2D eigenvalue weighted by molar-refractivity contribution is 0.0931. The van der Waals surface area contributed by atoms with Gasteiger partial charge in [0.05, 0.1) is 11.7 Å². The monoisotopic (exact) mass is 429 g/mol. The maximum Gasteiger partial charge on any atom is 0.270 e. The Morgan fingerprint density at radius 1 is 1.16 bits per heavy atom. The summed E-state index contributed by atoms with van der Waals surface area (Å²) in [7, 11) is 0. The highest BCUT2D eigenvalue weighted by Crippen LogP contribution is 2.25. The first-order valence-electron chi connectivity index (χ1n) is 10.7. The fourth-order valence-electron chi connectivity index (χ4n) is 4.12. The van der Waals surface area contributed by atoms with Crippen molar-refractivity contribution in [1.82, 2.24) is 34.9 Å². The maximum absolute atomic E-state index is 13.0. The zero-order chi connectivity index (χ0) is 21.9. The number of hydrogen-bond donors (Lipinski definition) is 2. The number of imidazole rings is 1. The number of carbonyl (C=O) groups excluding carboxylic acids is 1. The molecule has 0 bridgehead atoms. The lowest BCUT2D eigenvalue weighted by Crippen LogP contribution is -2.40. The lowest BCUT2D eigenvalue weighted by atomic mass is 10.1. The molecule has 1 aliphatic carbocycles. The minimum Gasteiger partial charge on any atom is -0.337 e. The summed E-state index contributed by atoms with van der Waals surface area (Å²) in [6.45, 7) is 1.33. The molecule has 4 aromatic rings. The Morgan fingerprint density at radius 3 is 2.94 bits per heavy atom. The van der Waals surface area contributed by atoms with Crippen molar-refractivity contribution in [3.05, 3.63) is 82.6 Å². The number of hydrazine groups is 1. The zero-order valence-corrected chi connectivity index (χ0v) is 17.5. The average molecular weight is 429 g/mol. The summed E-state index contributed by atoms with van der Waals surface area (Å²) in [5, 5.41) is 0.306. The molecule has 1 amide bonds. The van der Waals surface area contributed by atoms with Gasteiger partial charge in [-0.15, -0.1) is 0 Å². The van der Waals surface area contributed by atoms with Crippen LogP contribution in [0.4, 0.5) is 0 Å². The van der Waals surface area contributed by atoms with E-state index in [0.717, 1.165) is 37.9 Å². The van der Waals surface area contributed by atoms with Gasteiger partial charge in [0, 0.05) is 43.6 Å². The molecule has 9 heteroatoms. The fourth-order valence-corrected chi connectivity index (χ4v) is 4.12. The third-order valence-corrected chi connectivity index (χ3v) is 5.75. The van der Waals surface area contributed by atoms with E-state index in [9.17, 15) is 9.59 Å². The van der Waals surface area contributed by atoms with Crippen LogP contribution in [-0.4, -0.2) is 36.5 Å². The van der Waals surface area contributed by atoms with Crippen molar-refractivity contribution in [3.8, 4) is 5.69 Å². The molecule has 0 fully saturated rings. The summed E-state index contributed by atoms with van der Waals surface area (Å²) in [6, 6.07) is 6.24. The van der Waals surface area contributed by atoms with Crippen LogP contribution in [0.25, 0.3) is 16.7 Å². The van der Waals surface area contributed by atoms with Crippen LogP contribution in [-0.2, 0) is 19.4 Å². The molecule has 0 saturated heterocycles. The Morgan fingerprint density at radius 2 is 2.06 bits per heavy atom. The molecule has 32 heavy (non-hydrogen) atoms. The van der Waals surface area contributed by atoms with Crippen molar-refractivity contribution in [1.29, 1.82) is 0 Å². The molecule has 2 N–H and O–H groups in total. The molecule has 0 saturated carbocycles. The van der Waals surface area contributed by atoms with Gasteiger partial charge in [-0.1, -0.05) is 6.07 Å². The van der Waals surface area contributed by atoms with E-state index in [-0.39, 0.29) is 5.56 Å². The lowest BCUT2D eigenvalue weighted by Gasteiger charge is -2.14. The Bertz CT molecular complexity index is 1330. The topological polar surface area (TPSA) is 107 Å². The number of hydrogen-bond acceptors (Lipinski definition) is 6. The van der Waals surface area contributed by atoms with Crippen LogP contribution in [0.2, 0.25) is 0 Å². The van der Waals surface area contributed by atoms with Gasteiger partial charge in [0.2, 0.25) is 5.43 Å². The van der Waals surface area contributed by atoms with E-state index >= 15 is 0 Å². The predicted octanol–water partition coefficient (Wildman–Crippen LogP) is 1.79. The van der Waals surface area contributed by atoms with E-state index in [1.165, 1.54) is 23.7 Å². The predicted molar refractivity (Wildman–Crippen MR) is 119 cm³/mol. The third kappa shape index (κ3) is 3.90. The second-order valence-electron chi connectivity index (χ2n) is 7.84. The first-order valence-corrected chi connectivity index (χ1v) is 10.7. The number of pyridine rings is 1. The van der Waals surface area contributed by atoms with Crippen LogP contribution in [0.5, 0.6) is 0 Å². The Balaban J connectivity index is 1.40. The fraction of sp³-hybridized carbons (Fsp3) is 0.261. The molecule has 0 atom stereocenters. The molecule has 0 radical (unpaired) electrons. The van der Waals surface area contributed by atoms with Gasteiger partial charge in [0.25, 0.3) is 5.91 Å². The molecule has 3 heterocycles. The molecule has 1 aliphatic rings. The van der Waals surface area contributed by atoms with E-state index < -0.39 is 11.3 Å². The van der Waals surface area contributed by atoms with Crippen LogP contribution in [0.1, 0.15) is 34.3 Å². The quantitative estimate of drug-likeness (QED) is 0.343. The van der Waals surface area contributed by atoms with Crippen molar-refractivity contribution in [2.45, 2.75) is 32.2 Å². The Labute approximate surface area is 184 Å². The number of nitrogens with zero attached hydrogens (tertiary/aromatic N) is 5. The summed E-state index contributed by atoms with van der Waals surface area (Å²) in [5.41, 5.74) is 9.19. The number of nitrogens with one attached hydrogen (secondary N) is 2. The number of fused-ring (bicyclic) bond motifs is 2. The number of aromatic nitrogens is 5. The largest absolute Gasteiger partial charge is 0.337 e. The van der Waals surface area contributed by atoms with Gasteiger partial charge in [0.15, 0.2) is 5.65 Å². The summed E-state index contributed by atoms with van der Waals surface area (Å²) in [4.78, 5) is 38.1. The minimum absolute atomic E-state index is 0.0370. The molecule has 0 spiro atoms. The summed E-state index contributed by atoms with van der Waals surface area (Å²) < 4.78 is 3.76. The van der Waals surface area contributed by atoms with Crippen molar-refractivity contribution in [2.75, 3.05) is 6.54 Å². The molecule has 162 valence electrons. The number of aryl methyl sites for hydroxylation is 3. The summed E-state index contributed by atoms with van der Waals surface area (Å²) >= 11 is 0. The van der Waals surface area contributed by atoms with Crippen molar-refractivity contribution < 1.29 is 4.79 Å². The van der Waals surface area contributed by atoms with Crippen molar-refractivity contribution in [2.24, 2.45) is 0 Å². The molecule has 1 aromatic carbocycles. The van der Waals surface area contributed by atoms with Crippen molar-refractivity contribution >= 4 is 16.9 Å². The second kappa shape index (κ2) is 8.72. The smallest absolute Gasteiger partial charge is 0.270 e. The summed E-state index contributed by atoms with van der Waals surface area (Å²) in [5.74, 6) is -0.488. The maximum atomic E-state index is 13.0. The third-order valence-electron chi connectivity index (χ3n) is 5.75. The van der Waals surface area contributed by atoms with Gasteiger partial charge in [-0.25, -0.2) is 20.4 Å². The average Bonchev–Trinajstić information content (AvgIpc) is 3.50. The number of carbonyl (C=O) groups is 1. The van der Waals surface area contributed by atoms with E-state index in [1.54, 1.807) is 23.3 Å². The molecule has 0 unspecified atom stereocenters. The van der Waals surface area contributed by atoms with Crippen LogP contribution in [0, 0.1) is 0 Å². The number of rotatable bonds is 7. The van der Waals surface area contributed by atoms with Gasteiger partial charge >= 0.3 is 0 Å². The first-order chi connectivity index (χ1) is 15.7. The summed E-state index contributed by atoms with van der Waals surface area (Å²) in [6.07, 6.45) is 13.9. The van der Waals surface area contributed by atoms with E-state index in [2.05, 4.69) is 37.9 Å². The van der Waals surface area contributed by atoms with Crippen LogP contribution < -0.4 is 16.3 Å². The molecule has 9 nitrogen and oxygen atoms in total. The van der Waals surface area contributed by atoms with Gasteiger partial charge in [-0.05, 0) is 48.9 Å². The Hall–Kier alpha value is -3.85. The normalized spacial score (nSPS) is 12.8. The van der Waals surface area contributed by atoms with Crippen LogP contribution >= 0.6 is 0 Å². The van der Waals surface area contributed by atoms with Gasteiger partial charge in [-0.3, -0.25) is 15.0 Å². The van der Waals surface area contributed by atoms with Crippen molar-refractivity contribution in [3.63, 3.8) is 0 Å². The van der Waals surface area contributed by atoms with Gasteiger partial charge in [-0.2, -0.15) is 0 Å². The molecule has 5 rings (SSSR count). The van der Waals surface area contributed by atoms with E-state index in [4.69, 9.17) is 0 Å². The highest BCUT2D eigenvalue weighted by atomic mass is 16.2. The molecule has 3 aromatic heterocycles. The molecular formula is C23H23N7O2. The zero-order valence-electron chi connectivity index (χ0n) is 17.5. The van der Waals surface area contributed by atoms with Crippen LogP contribution in [0.15, 0.2) is 60.4 Å². The minimum atomic E-state index is -0.488.